The summed E-state index contributed by atoms with van der Waals surface area (Å²) in [6.45, 7) is -1.27. The van der Waals surface area contributed by atoms with E-state index in [4.69, 9.17) is 9.84 Å². The van der Waals surface area contributed by atoms with Crippen molar-refractivity contribution in [2.45, 2.75) is 18.8 Å². The number of halogens is 3. The van der Waals surface area contributed by atoms with E-state index in [2.05, 4.69) is 5.10 Å². The van der Waals surface area contributed by atoms with Crippen molar-refractivity contribution in [1.29, 1.82) is 0 Å². The van der Waals surface area contributed by atoms with Crippen molar-refractivity contribution in [3.05, 3.63) is 18.0 Å². The van der Waals surface area contributed by atoms with Crippen LogP contribution in [-0.4, -0.2) is 63.6 Å². The highest BCUT2D eigenvalue weighted by molar-refractivity contribution is 5.95. The summed E-state index contributed by atoms with van der Waals surface area (Å²) < 4.78 is 42.2. The Labute approximate surface area is 116 Å². The molecule has 0 saturated carbocycles. The second-order valence-electron chi connectivity index (χ2n) is 4.44. The first-order chi connectivity index (χ1) is 9.78. The third-order valence-electron chi connectivity index (χ3n) is 2.88. The molecule has 0 spiro atoms. The first-order valence-corrected chi connectivity index (χ1v) is 5.99. The van der Waals surface area contributed by atoms with Gasteiger partial charge in [0.2, 0.25) is 0 Å². The van der Waals surface area contributed by atoms with Crippen LogP contribution in [0.15, 0.2) is 12.3 Å². The molecule has 0 radical (unpaired) electrons. The minimum atomic E-state index is -4.45. The van der Waals surface area contributed by atoms with Gasteiger partial charge in [0.15, 0.2) is 6.04 Å². The number of morpholine rings is 1. The van der Waals surface area contributed by atoms with Gasteiger partial charge in [-0.2, -0.15) is 18.3 Å². The summed E-state index contributed by atoms with van der Waals surface area (Å²) in [6, 6.07) is -0.0402. The molecule has 0 aliphatic carbocycles. The van der Waals surface area contributed by atoms with E-state index >= 15 is 0 Å². The number of hydrogen-bond donors (Lipinski definition) is 1. The number of amides is 1. The molecule has 0 aromatic carbocycles. The molecule has 1 aromatic rings. The van der Waals surface area contributed by atoms with Crippen molar-refractivity contribution in [2.75, 3.05) is 19.8 Å². The van der Waals surface area contributed by atoms with Gasteiger partial charge in [-0.25, -0.2) is 4.79 Å². The average Bonchev–Trinajstić information content (AvgIpc) is 2.84. The van der Waals surface area contributed by atoms with Crippen molar-refractivity contribution >= 4 is 11.9 Å². The lowest BCUT2D eigenvalue weighted by molar-refractivity contribution is -0.147. The number of rotatable bonds is 3. The normalized spacial score (nSPS) is 19.6. The third-order valence-corrected chi connectivity index (χ3v) is 2.88. The Balaban J connectivity index is 2.13. The Hall–Kier alpha value is -2.10. The summed E-state index contributed by atoms with van der Waals surface area (Å²) in [7, 11) is 0. The zero-order chi connectivity index (χ0) is 15.6. The van der Waals surface area contributed by atoms with Crippen molar-refractivity contribution < 1.29 is 32.6 Å². The molecule has 1 unspecified atom stereocenters. The SMILES string of the molecule is O=C(O)C1COCCN1C(=O)c1ccn(CC(F)(F)F)n1. The number of carboxylic acids is 1. The molecule has 1 fully saturated rings. The van der Waals surface area contributed by atoms with E-state index < -0.39 is 30.6 Å². The van der Waals surface area contributed by atoms with Crippen LogP contribution in [0, 0.1) is 0 Å². The number of hydrogen-bond acceptors (Lipinski definition) is 4. The summed E-state index contributed by atoms with van der Waals surface area (Å²) in [5, 5.41) is 12.6. The van der Waals surface area contributed by atoms with Gasteiger partial charge < -0.3 is 14.7 Å². The maximum atomic E-state index is 12.2. The Bertz CT molecular complexity index is 543. The third kappa shape index (κ3) is 3.72. The van der Waals surface area contributed by atoms with E-state index in [9.17, 15) is 22.8 Å². The van der Waals surface area contributed by atoms with Gasteiger partial charge in [0, 0.05) is 12.7 Å². The van der Waals surface area contributed by atoms with Crippen LogP contribution in [0.1, 0.15) is 10.5 Å². The van der Waals surface area contributed by atoms with Crippen LogP contribution in [-0.2, 0) is 16.1 Å². The number of carbonyl (C=O) groups excluding carboxylic acids is 1. The maximum absolute atomic E-state index is 12.2. The van der Waals surface area contributed by atoms with Gasteiger partial charge in [0.25, 0.3) is 5.91 Å². The molecule has 2 rings (SSSR count). The quantitative estimate of drug-likeness (QED) is 0.872. The fourth-order valence-electron chi connectivity index (χ4n) is 1.95. The Morgan fingerprint density at radius 1 is 1.48 bits per heavy atom. The minimum Gasteiger partial charge on any atom is -0.480 e. The molecule has 1 N–H and O–H groups in total. The van der Waals surface area contributed by atoms with Crippen molar-refractivity contribution in [3.8, 4) is 0 Å². The van der Waals surface area contributed by atoms with Gasteiger partial charge >= 0.3 is 12.1 Å². The first-order valence-electron chi connectivity index (χ1n) is 5.99. The topological polar surface area (TPSA) is 84.7 Å². The molecule has 2 heterocycles. The van der Waals surface area contributed by atoms with Gasteiger partial charge in [-0.3, -0.25) is 9.48 Å². The Morgan fingerprint density at radius 2 is 2.19 bits per heavy atom. The second-order valence-corrected chi connectivity index (χ2v) is 4.44. The monoisotopic (exact) mass is 307 g/mol. The Kier molecular flexibility index (Phi) is 4.16. The molecule has 1 amide bonds. The summed E-state index contributed by atoms with van der Waals surface area (Å²) >= 11 is 0. The highest BCUT2D eigenvalue weighted by Gasteiger charge is 2.34. The molecule has 1 aliphatic rings. The van der Waals surface area contributed by atoms with Gasteiger partial charge in [0.1, 0.15) is 12.2 Å². The number of carboxylic acid groups (broad SMARTS) is 1. The van der Waals surface area contributed by atoms with E-state index in [1.807, 2.05) is 0 Å². The highest BCUT2D eigenvalue weighted by atomic mass is 19.4. The molecule has 10 heteroatoms. The van der Waals surface area contributed by atoms with Crippen LogP contribution in [0.25, 0.3) is 0 Å². The summed E-state index contributed by atoms with van der Waals surface area (Å²) in [5.74, 6) is -1.97. The van der Waals surface area contributed by atoms with E-state index in [0.717, 1.165) is 17.2 Å². The van der Waals surface area contributed by atoms with E-state index in [-0.39, 0.29) is 25.5 Å². The summed E-state index contributed by atoms with van der Waals surface area (Å²) in [4.78, 5) is 24.2. The van der Waals surface area contributed by atoms with Crippen LogP contribution in [0.3, 0.4) is 0 Å². The smallest absolute Gasteiger partial charge is 0.408 e. The first kappa shape index (κ1) is 15.3. The van der Waals surface area contributed by atoms with Gasteiger partial charge in [0.05, 0.1) is 13.2 Å². The molecular weight excluding hydrogens is 295 g/mol. The van der Waals surface area contributed by atoms with Crippen LogP contribution >= 0.6 is 0 Å². The number of carbonyl (C=O) groups is 2. The second kappa shape index (κ2) is 5.72. The minimum absolute atomic E-state index is 0.0436. The Morgan fingerprint density at radius 3 is 2.81 bits per heavy atom. The van der Waals surface area contributed by atoms with Gasteiger partial charge in [-0.1, -0.05) is 0 Å². The summed E-state index contributed by atoms with van der Waals surface area (Å²) in [6.07, 6.45) is -3.42. The van der Waals surface area contributed by atoms with Crippen LogP contribution in [0.2, 0.25) is 0 Å². The molecular formula is C11H12F3N3O4. The zero-order valence-corrected chi connectivity index (χ0v) is 10.7. The number of aliphatic carboxylic acids is 1. The van der Waals surface area contributed by atoms with Crippen molar-refractivity contribution in [1.82, 2.24) is 14.7 Å². The van der Waals surface area contributed by atoms with Crippen LogP contribution in [0.5, 0.6) is 0 Å². The lowest BCUT2D eigenvalue weighted by Crippen LogP contribution is -2.52. The number of alkyl halides is 3. The van der Waals surface area contributed by atoms with E-state index in [1.165, 1.54) is 0 Å². The standard InChI is InChI=1S/C11H12F3N3O4/c12-11(13,14)6-16-2-1-7(15-16)9(18)17-3-4-21-5-8(17)10(19)20/h1-2,8H,3-6H2,(H,19,20). The number of nitrogens with zero attached hydrogens (tertiary/aromatic N) is 3. The molecule has 7 nitrogen and oxygen atoms in total. The van der Waals surface area contributed by atoms with Crippen LogP contribution < -0.4 is 0 Å². The largest absolute Gasteiger partial charge is 0.480 e. The van der Waals surface area contributed by atoms with E-state index in [1.54, 1.807) is 0 Å². The molecule has 21 heavy (non-hydrogen) atoms. The average molecular weight is 307 g/mol. The molecule has 1 aliphatic heterocycles. The zero-order valence-electron chi connectivity index (χ0n) is 10.7. The predicted octanol–water partition coefficient (Wildman–Crippen LogP) is 0.371. The summed E-state index contributed by atoms with van der Waals surface area (Å²) in [5.41, 5.74) is -0.229. The fourth-order valence-corrected chi connectivity index (χ4v) is 1.95. The molecule has 1 aromatic heterocycles. The van der Waals surface area contributed by atoms with Crippen LogP contribution in [0.4, 0.5) is 13.2 Å². The number of aromatic nitrogens is 2. The lowest BCUT2D eigenvalue weighted by Gasteiger charge is -2.32. The van der Waals surface area contributed by atoms with Crippen molar-refractivity contribution in [2.24, 2.45) is 0 Å². The predicted molar refractivity (Wildman–Crippen MR) is 61.6 cm³/mol. The molecule has 0 bridgehead atoms. The molecule has 116 valence electrons. The van der Waals surface area contributed by atoms with Crippen molar-refractivity contribution in [3.63, 3.8) is 0 Å². The fraction of sp³-hybridized carbons (Fsp3) is 0.545. The van der Waals surface area contributed by atoms with E-state index in [0.29, 0.717) is 4.68 Å². The number of ether oxygens (including phenoxy) is 1. The van der Waals surface area contributed by atoms with Gasteiger partial charge in [-0.15, -0.1) is 0 Å². The lowest BCUT2D eigenvalue weighted by atomic mass is 10.2. The molecule has 1 atom stereocenters. The maximum Gasteiger partial charge on any atom is 0.408 e. The highest BCUT2D eigenvalue weighted by Crippen LogP contribution is 2.18. The van der Waals surface area contributed by atoms with Gasteiger partial charge in [-0.05, 0) is 6.07 Å². The molecule has 1 saturated heterocycles.